The normalized spacial score (nSPS) is 13.1. The molecule has 0 heterocycles. The van der Waals surface area contributed by atoms with Gasteiger partial charge in [-0.25, -0.2) is 4.39 Å². The third kappa shape index (κ3) is 5.09. The molecule has 2 unspecified atom stereocenters. The number of hydrogen-bond acceptors (Lipinski definition) is 3. The number of nitrogens with one attached hydrogen (secondary N) is 2. The van der Waals surface area contributed by atoms with Gasteiger partial charge in [-0.2, -0.15) is 0 Å². The highest BCUT2D eigenvalue weighted by molar-refractivity contribution is 5.80. The van der Waals surface area contributed by atoms with Gasteiger partial charge in [-0.3, -0.25) is 4.79 Å². The van der Waals surface area contributed by atoms with Crippen molar-refractivity contribution in [1.82, 2.24) is 10.6 Å². The van der Waals surface area contributed by atoms with Crippen LogP contribution in [-0.2, 0) is 4.79 Å². The van der Waals surface area contributed by atoms with E-state index in [4.69, 9.17) is 11.2 Å². The fourth-order valence-corrected chi connectivity index (χ4v) is 1.89. The second-order valence-corrected chi connectivity index (χ2v) is 4.64. The fourth-order valence-electron chi connectivity index (χ4n) is 1.89. The van der Waals surface area contributed by atoms with Crippen molar-refractivity contribution in [2.75, 3.05) is 13.1 Å². The summed E-state index contributed by atoms with van der Waals surface area (Å²) in [5.41, 5.74) is 0.564. The molecule has 114 valence electrons. The van der Waals surface area contributed by atoms with Crippen molar-refractivity contribution in [2.45, 2.75) is 32.9 Å². The lowest BCUT2D eigenvalue weighted by Gasteiger charge is -2.17. The van der Waals surface area contributed by atoms with Crippen molar-refractivity contribution in [1.29, 1.82) is 0 Å². The van der Waals surface area contributed by atoms with E-state index >= 15 is 0 Å². The van der Waals surface area contributed by atoms with Crippen LogP contribution in [0.5, 0.6) is 5.75 Å². The van der Waals surface area contributed by atoms with Crippen molar-refractivity contribution in [3.8, 4) is 18.1 Å². The first kappa shape index (κ1) is 17.0. The number of carbonyl (C=O) groups excluding carboxylic acids is 1. The first-order valence-corrected chi connectivity index (χ1v) is 6.90. The molecule has 5 heteroatoms. The molecule has 2 N–H and O–H groups in total. The molecule has 0 aromatic heterocycles. The number of rotatable bonds is 7. The fraction of sp³-hybridized carbons (Fsp3) is 0.438. The third-order valence-corrected chi connectivity index (χ3v) is 3.00. The van der Waals surface area contributed by atoms with E-state index in [0.717, 1.165) is 6.54 Å². The average Bonchev–Trinajstić information content (AvgIpc) is 2.44. The molecule has 0 radical (unpaired) electrons. The van der Waals surface area contributed by atoms with Gasteiger partial charge in [0.15, 0.2) is 6.10 Å². The van der Waals surface area contributed by atoms with Crippen molar-refractivity contribution < 1.29 is 13.9 Å². The standard InChI is InChI=1S/C16H21FN2O2/c1-5-9-19-16(20)12(4)21-13-7-8-14(15(17)10-13)11(3)18-6-2/h1,7-8,10-12,18H,6,9H2,2-4H3,(H,19,20). The molecular weight excluding hydrogens is 271 g/mol. The van der Waals surface area contributed by atoms with Gasteiger partial charge < -0.3 is 15.4 Å². The van der Waals surface area contributed by atoms with E-state index in [-0.39, 0.29) is 24.3 Å². The largest absolute Gasteiger partial charge is 0.481 e. The minimum Gasteiger partial charge on any atom is -0.481 e. The van der Waals surface area contributed by atoms with Crippen molar-refractivity contribution in [3.05, 3.63) is 29.6 Å². The van der Waals surface area contributed by atoms with Gasteiger partial charge in [-0.15, -0.1) is 6.42 Å². The number of amides is 1. The maximum Gasteiger partial charge on any atom is 0.261 e. The molecule has 0 saturated carbocycles. The molecule has 0 bridgehead atoms. The van der Waals surface area contributed by atoms with Crippen molar-refractivity contribution >= 4 is 5.91 Å². The van der Waals surface area contributed by atoms with Crippen LogP contribution in [0.1, 0.15) is 32.4 Å². The van der Waals surface area contributed by atoms with Gasteiger partial charge in [0.25, 0.3) is 5.91 Å². The lowest BCUT2D eigenvalue weighted by atomic mass is 10.1. The summed E-state index contributed by atoms with van der Waals surface area (Å²) in [5, 5.41) is 5.65. The minimum absolute atomic E-state index is 0.0830. The highest BCUT2D eigenvalue weighted by Crippen LogP contribution is 2.22. The number of hydrogen-bond donors (Lipinski definition) is 2. The number of carbonyl (C=O) groups is 1. The summed E-state index contributed by atoms with van der Waals surface area (Å²) in [6.07, 6.45) is 4.32. The van der Waals surface area contributed by atoms with Crippen LogP contribution in [-0.4, -0.2) is 25.1 Å². The van der Waals surface area contributed by atoms with Crippen LogP contribution in [0.3, 0.4) is 0 Å². The number of terminal acetylenes is 1. The summed E-state index contributed by atoms with van der Waals surface area (Å²) >= 11 is 0. The Morgan fingerprint density at radius 2 is 2.19 bits per heavy atom. The maximum atomic E-state index is 14.0. The van der Waals surface area contributed by atoms with Gasteiger partial charge in [-0.05, 0) is 26.5 Å². The Morgan fingerprint density at radius 3 is 2.76 bits per heavy atom. The molecule has 0 saturated heterocycles. The predicted octanol–water partition coefficient (Wildman–Crippen LogP) is 2.01. The lowest BCUT2D eigenvalue weighted by molar-refractivity contribution is -0.127. The summed E-state index contributed by atoms with van der Waals surface area (Å²) in [5.74, 6) is 1.91. The van der Waals surface area contributed by atoms with E-state index in [1.807, 2.05) is 13.8 Å². The molecule has 4 nitrogen and oxygen atoms in total. The van der Waals surface area contributed by atoms with Gasteiger partial charge in [0, 0.05) is 17.7 Å². The molecule has 1 rings (SSSR count). The second-order valence-electron chi connectivity index (χ2n) is 4.64. The zero-order valence-electron chi connectivity index (χ0n) is 12.6. The molecular formula is C16H21FN2O2. The van der Waals surface area contributed by atoms with Crippen molar-refractivity contribution in [2.24, 2.45) is 0 Å². The topological polar surface area (TPSA) is 50.4 Å². The van der Waals surface area contributed by atoms with Gasteiger partial charge >= 0.3 is 0 Å². The molecule has 1 aromatic rings. The molecule has 0 aliphatic carbocycles. The van der Waals surface area contributed by atoms with Crippen LogP contribution >= 0.6 is 0 Å². The molecule has 1 aromatic carbocycles. The average molecular weight is 292 g/mol. The third-order valence-electron chi connectivity index (χ3n) is 3.00. The number of ether oxygens (including phenoxy) is 1. The Labute approximate surface area is 125 Å². The summed E-state index contributed by atoms with van der Waals surface area (Å²) in [4.78, 5) is 11.6. The minimum atomic E-state index is -0.741. The molecule has 1 amide bonds. The predicted molar refractivity (Wildman–Crippen MR) is 80.4 cm³/mol. The number of benzene rings is 1. The van der Waals surface area contributed by atoms with E-state index < -0.39 is 6.10 Å². The smallest absolute Gasteiger partial charge is 0.261 e. The van der Waals surface area contributed by atoms with E-state index in [1.54, 1.807) is 19.1 Å². The highest BCUT2D eigenvalue weighted by atomic mass is 19.1. The monoisotopic (exact) mass is 292 g/mol. The highest BCUT2D eigenvalue weighted by Gasteiger charge is 2.16. The van der Waals surface area contributed by atoms with Crippen LogP contribution in [0.15, 0.2) is 18.2 Å². The van der Waals surface area contributed by atoms with Gasteiger partial charge in [0.2, 0.25) is 0 Å². The van der Waals surface area contributed by atoms with E-state index in [0.29, 0.717) is 11.3 Å². The Hall–Kier alpha value is -2.06. The van der Waals surface area contributed by atoms with E-state index in [9.17, 15) is 9.18 Å². The zero-order valence-corrected chi connectivity index (χ0v) is 12.6. The molecule has 0 fully saturated rings. The van der Waals surface area contributed by atoms with Crippen LogP contribution < -0.4 is 15.4 Å². The van der Waals surface area contributed by atoms with Crippen LogP contribution in [0.4, 0.5) is 4.39 Å². The van der Waals surface area contributed by atoms with Gasteiger partial charge in [-0.1, -0.05) is 18.9 Å². The summed E-state index contributed by atoms with van der Waals surface area (Å²) in [7, 11) is 0. The maximum absolute atomic E-state index is 14.0. The first-order chi connectivity index (χ1) is 9.99. The Balaban J connectivity index is 2.71. The second kappa shape index (κ2) is 8.28. The van der Waals surface area contributed by atoms with Gasteiger partial charge in [0.1, 0.15) is 11.6 Å². The van der Waals surface area contributed by atoms with E-state index in [2.05, 4.69) is 16.6 Å². The van der Waals surface area contributed by atoms with E-state index in [1.165, 1.54) is 6.07 Å². The lowest BCUT2D eigenvalue weighted by Crippen LogP contribution is -2.36. The SMILES string of the molecule is C#CCNC(=O)C(C)Oc1ccc(C(C)NCC)c(F)c1. The Bertz CT molecular complexity index is 525. The summed E-state index contributed by atoms with van der Waals surface area (Å²) < 4.78 is 19.4. The quantitative estimate of drug-likeness (QED) is 0.756. The molecule has 2 atom stereocenters. The molecule has 0 aliphatic heterocycles. The first-order valence-electron chi connectivity index (χ1n) is 6.90. The zero-order chi connectivity index (χ0) is 15.8. The Morgan fingerprint density at radius 1 is 1.48 bits per heavy atom. The van der Waals surface area contributed by atoms with Crippen LogP contribution in [0.2, 0.25) is 0 Å². The molecule has 0 aliphatic rings. The summed E-state index contributed by atoms with van der Waals surface area (Å²) in [6.45, 7) is 6.32. The van der Waals surface area contributed by atoms with Crippen LogP contribution in [0.25, 0.3) is 0 Å². The van der Waals surface area contributed by atoms with Crippen LogP contribution in [0, 0.1) is 18.2 Å². The molecule has 21 heavy (non-hydrogen) atoms. The van der Waals surface area contributed by atoms with Gasteiger partial charge in [0.05, 0.1) is 6.54 Å². The summed E-state index contributed by atoms with van der Waals surface area (Å²) in [6, 6.07) is 4.51. The number of halogens is 1. The Kier molecular flexibility index (Phi) is 6.70. The molecule has 0 spiro atoms. The van der Waals surface area contributed by atoms with Crippen molar-refractivity contribution in [3.63, 3.8) is 0 Å².